The van der Waals surface area contributed by atoms with Crippen LogP contribution in [-0.2, 0) is 10.5 Å². The molecule has 0 aromatic carbocycles. The first kappa shape index (κ1) is 15.8. The molecule has 112 valence electrons. The molecule has 1 N–H and O–H groups in total. The van der Waals surface area contributed by atoms with Crippen molar-refractivity contribution in [3.63, 3.8) is 0 Å². The van der Waals surface area contributed by atoms with E-state index >= 15 is 0 Å². The van der Waals surface area contributed by atoms with Crippen molar-refractivity contribution in [2.24, 2.45) is 0 Å². The Morgan fingerprint density at radius 3 is 2.95 bits per heavy atom. The molecule has 0 unspecified atom stereocenters. The molecule has 7 heteroatoms. The fourth-order valence-corrected chi connectivity index (χ4v) is 3.45. The summed E-state index contributed by atoms with van der Waals surface area (Å²) >= 11 is 2.89. The van der Waals surface area contributed by atoms with Gasteiger partial charge in [0.1, 0.15) is 4.88 Å². The Morgan fingerprint density at radius 2 is 2.29 bits per heavy atom. The predicted molar refractivity (Wildman–Crippen MR) is 86.0 cm³/mol. The van der Waals surface area contributed by atoms with E-state index in [2.05, 4.69) is 15.3 Å². The second-order valence-corrected chi connectivity index (χ2v) is 6.00. The van der Waals surface area contributed by atoms with E-state index in [1.165, 1.54) is 11.3 Å². The number of nitrogens with zero attached hydrogens (tertiary/aromatic N) is 2. The third-order valence-corrected chi connectivity index (χ3v) is 4.47. The van der Waals surface area contributed by atoms with Gasteiger partial charge in [-0.1, -0.05) is 29.2 Å². The largest absolute Gasteiger partial charge is 0.462 e. The number of nitrogens with one attached hydrogen (secondary N) is 1. The molecule has 0 aliphatic heterocycles. The lowest BCUT2D eigenvalue weighted by molar-refractivity contribution is 0.0531. The van der Waals surface area contributed by atoms with Crippen molar-refractivity contribution in [3.8, 4) is 0 Å². The molecule has 0 amide bonds. The number of rotatable bonds is 7. The number of hydrogen-bond donors (Lipinski definition) is 1. The highest BCUT2D eigenvalue weighted by Crippen LogP contribution is 2.29. The molecule has 21 heavy (non-hydrogen) atoms. The van der Waals surface area contributed by atoms with Crippen molar-refractivity contribution >= 4 is 34.2 Å². The van der Waals surface area contributed by atoms with Gasteiger partial charge in [0.25, 0.3) is 0 Å². The summed E-state index contributed by atoms with van der Waals surface area (Å²) in [7, 11) is 0. The summed E-state index contributed by atoms with van der Waals surface area (Å²) < 4.78 is 5.09. The molecule has 0 saturated heterocycles. The summed E-state index contributed by atoms with van der Waals surface area (Å²) in [6.45, 7) is 4.92. The maximum absolute atomic E-state index is 12.0. The minimum Gasteiger partial charge on any atom is -0.462 e. The van der Waals surface area contributed by atoms with Gasteiger partial charge in [-0.15, -0.1) is 0 Å². The lowest BCUT2D eigenvalue weighted by Crippen LogP contribution is -2.05. The van der Waals surface area contributed by atoms with Crippen LogP contribution in [0.2, 0.25) is 0 Å². The van der Waals surface area contributed by atoms with Crippen LogP contribution < -0.4 is 5.32 Å². The molecule has 0 atom stereocenters. The van der Waals surface area contributed by atoms with E-state index in [9.17, 15) is 4.79 Å². The summed E-state index contributed by atoms with van der Waals surface area (Å²) in [5, 5.41) is 4.79. The van der Waals surface area contributed by atoms with E-state index in [1.807, 2.05) is 25.1 Å². The molecule has 0 aliphatic rings. The lowest BCUT2D eigenvalue weighted by atomic mass is 10.4. The van der Waals surface area contributed by atoms with E-state index in [-0.39, 0.29) is 5.97 Å². The van der Waals surface area contributed by atoms with Gasteiger partial charge in [-0.25, -0.2) is 14.8 Å². The number of anilines is 1. The zero-order valence-corrected chi connectivity index (χ0v) is 13.6. The highest BCUT2D eigenvalue weighted by Gasteiger charge is 2.19. The number of ether oxygens (including phenoxy) is 1. The molecule has 2 aromatic rings. The van der Waals surface area contributed by atoms with Gasteiger partial charge in [-0.05, 0) is 26.0 Å². The number of esters is 1. The predicted octanol–water partition coefficient (Wildman–Crippen LogP) is 3.44. The van der Waals surface area contributed by atoms with Gasteiger partial charge >= 0.3 is 5.97 Å². The van der Waals surface area contributed by atoms with Crippen molar-refractivity contribution in [1.82, 2.24) is 9.97 Å². The number of thiazole rings is 1. The molecule has 0 saturated carbocycles. The molecule has 0 spiro atoms. The van der Waals surface area contributed by atoms with E-state index < -0.39 is 0 Å². The van der Waals surface area contributed by atoms with Crippen LogP contribution in [0.4, 0.5) is 5.13 Å². The van der Waals surface area contributed by atoms with Gasteiger partial charge in [0.05, 0.1) is 17.3 Å². The summed E-state index contributed by atoms with van der Waals surface area (Å²) in [6.07, 6.45) is 1.75. The van der Waals surface area contributed by atoms with Crippen LogP contribution in [0.15, 0.2) is 29.4 Å². The Bertz CT molecular complexity index is 587. The van der Waals surface area contributed by atoms with Crippen LogP contribution in [0.25, 0.3) is 0 Å². The molecule has 5 nitrogen and oxygen atoms in total. The van der Waals surface area contributed by atoms with E-state index in [0.29, 0.717) is 17.2 Å². The Labute approximate surface area is 132 Å². The van der Waals surface area contributed by atoms with Crippen LogP contribution in [0.5, 0.6) is 0 Å². The number of hydrogen-bond acceptors (Lipinski definition) is 7. The number of carbonyl (C=O) groups is 1. The molecular weight excluding hydrogens is 306 g/mol. The van der Waals surface area contributed by atoms with Crippen LogP contribution in [0.3, 0.4) is 0 Å². The minimum atomic E-state index is -0.309. The Morgan fingerprint density at radius 1 is 1.43 bits per heavy atom. The zero-order chi connectivity index (χ0) is 15.1. The summed E-state index contributed by atoms with van der Waals surface area (Å²) in [6, 6.07) is 5.75. The van der Waals surface area contributed by atoms with Crippen LogP contribution >= 0.6 is 23.1 Å². The first-order chi connectivity index (χ1) is 10.2. The van der Waals surface area contributed by atoms with Crippen molar-refractivity contribution in [3.05, 3.63) is 35.0 Å². The minimum absolute atomic E-state index is 0.309. The smallest absolute Gasteiger partial charge is 0.350 e. The molecular formula is C14H17N3O2S2. The molecule has 0 bridgehead atoms. The molecule has 2 heterocycles. The molecule has 0 fully saturated rings. The second kappa shape index (κ2) is 7.99. The number of aromatic nitrogens is 2. The molecule has 2 aromatic heterocycles. The number of thioether (sulfide) groups is 1. The van der Waals surface area contributed by atoms with Crippen molar-refractivity contribution < 1.29 is 9.53 Å². The number of pyridine rings is 1. The van der Waals surface area contributed by atoms with Gasteiger partial charge in [-0.2, -0.15) is 0 Å². The van der Waals surface area contributed by atoms with Crippen molar-refractivity contribution in [1.29, 1.82) is 0 Å². The van der Waals surface area contributed by atoms with Gasteiger partial charge in [0, 0.05) is 18.5 Å². The highest BCUT2D eigenvalue weighted by atomic mass is 32.2. The summed E-state index contributed by atoms with van der Waals surface area (Å²) in [5.41, 5.74) is 0.741. The fraction of sp³-hybridized carbons (Fsp3) is 0.357. The first-order valence-electron chi connectivity index (χ1n) is 6.69. The topological polar surface area (TPSA) is 64.1 Å². The van der Waals surface area contributed by atoms with Crippen molar-refractivity contribution in [2.75, 3.05) is 18.5 Å². The number of carbonyl (C=O) groups excluding carboxylic acids is 1. The third-order valence-electron chi connectivity index (χ3n) is 2.48. The normalized spacial score (nSPS) is 10.4. The van der Waals surface area contributed by atoms with E-state index in [1.54, 1.807) is 24.9 Å². The summed E-state index contributed by atoms with van der Waals surface area (Å²) in [4.78, 5) is 21.3. The van der Waals surface area contributed by atoms with Crippen LogP contribution in [0.1, 0.15) is 29.2 Å². The molecule has 0 radical (unpaired) electrons. The highest BCUT2D eigenvalue weighted by molar-refractivity contribution is 7.98. The second-order valence-electron chi connectivity index (χ2n) is 4.00. The monoisotopic (exact) mass is 323 g/mol. The maximum Gasteiger partial charge on any atom is 0.350 e. The van der Waals surface area contributed by atoms with Gasteiger partial charge < -0.3 is 10.1 Å². The fourth-order valence-electron chi connectivity index (χ4n) is 1.61. The van der Waals surface area contributed by atoms with Gasteiger partial charge in [0.15, 0.2) is 5.13 Å². The molecule has 0 aliphatic carbocycles. The Hall–Kier alpha value is -1.60. The maximum atomic E-state index is 12.0. The van der Waals surface area contributed by atoms with Crippen LogP contribution in [-0.4, -0.2) is 29.1 Å². The third kappa shape index (κ3) is 4.44. The van der Waals surface area contributed by atoms with Gasteiger partial charge in [0.2, 0.25) is 0 Å². The van der Waals surface area contributed by atoms with Gasteiger partial charge in [-0.3, -0.25) is 0 Å². The Balaban J connectivity index is 2.14. The first-order valence-corrected chi connectivity index (χ1v) is 8.49. The quantitative estimate of drug-likeness (QED) is 0.622. The standard InChI is InChI=1S/C14H17N3O2S2/c1-3-15-14-17-10(12(21-14)13(18)19-4-2)9-20-11-7-5-6-8-16-11/h5-8H,3-4,9H2,1-2H3,(H,15,17). The lowest BCUT2D eigenvalue weighted by Gasteiger charge is -2.02. The van der Waals surface area contributed by atoms with Crippen LogP contribution in [0, 0.1) is 0 Å². The van der Waals surface area contributed by atoms with E-state index in [4.69, 9.17) is 4.74 Å². The average Bonchev–Trinajstić information content (AvgIpc) is 2.90. The SMILES string of the molecule is CCNc1nc(CSc2ccccn2)c(C(=O)OCC)s1. The summed E-state index contributed by atoms with van der Waals surface area (Å²) in [5.74, 6) is 0.281. The van der Waals surface area contributed by atoms with Crippen molar-refractivity contribution in [2.45, 2.75) is 24.6 Å². The zero-order valence-electron chi connectivity index (χ0n) is 12.0. The van der Waals surface area contributed by atoms with E-state index in [0.717, 1.165) is 22.4 Å². The Kier molecular flexibility index (Phi) is 6.01. The molecule has 2 rings (SSSR count). The average molecular weight is 323 g/mol.